The number of methoxy groups -OCH3 is 2. The molecule has 2 aliphatic rings. The molecule has 1 aliphatic heterocycles. The van der Waals surface area contributed by atoms with Crippen LogP contribution in [0.4, 0.5) is 0 Å². The van der Waals surface area contributed by atoms with E-state index in [9.17, 15) is 8.42 Å². The fraction of sp³-hybridized carbons (Fsp3) is 0.462. The first kappa shape index (κ1) is 23.1. The molecule has 2 heterocycles. The Morgan fingerprint density at radius 3 is 2.62 bits per heavy atom. The number of aromatic nitrogens is 1. The average Bonchev–Trinajstić information content (AvgIpc) is 3.64. The minimum Gasteiger partial charge on any atom is -0.497 e. The van der Waals surface area contributed by atoms with Gasteiger partial charge in [0, 0.05) is 23.6 Å². The number of ether oxygens (including phenoxy) is 3. The third-order valence-electron chi connectivity index (χ3n) is 6.97. The average molecular weight is 485 g/mol. The van der Waals surface area contributed by atoms with Gasteiger partial charge in [-0.25, -0.2) is 8.42 Å². The Morgan fingerprint density at radius 1 is 1.09 bits per heavy atom. The highest BCUT2D eigenvalue weighted by Crippen LogP contribution is 2.44. The second-order valence-corrected chi connectivity index (χ2v) is 11.2. The van der Waals surface area contributed by atoms with Crippen LogP contribution in [0.1, 0.15) is 48.9 Å². The van der Waals surface area contributed by atoms with Gasteiger partial charge in [0.1, 0.15) is 5.75 Å². The monoisotopic (exact) mass is 484 g/mol. The molecule has 2 aromatic carbocycles. The van der Waals surface area contributed by atoms with Crippen LogP contribution in [0, 0.1) is 0 Å². The molecule has 3 aromatic rings. The first-order chi connectivity index (χ1) is 16.5. The second-order valence-electron chi connectivity index (χ2n) is 9.02. The first-order valence-corrected chi connectivity index (χ1v) is 13.4. The molecule has 1 N–H and O–H groups in total. The van der Waals surface area contributed by atoms with Gasteiger partial charge in [-0.3, -0.25) is 0 Å². The van der Waals surface area contributed by atoms with Crippen molar-refractivity contribution in [3.8, 4) is 17.2 Å². The van der Waals surface area contributed by atoms with Crippen molar-refractivity contribution in [2.75, 3.05) is 27.4 Å². The summed E-state index contributed by atoms with van der Waals surface area (Å²) in [4.78, 5) is 3.33. The van der Waals surface area contributed by atoms with Gasteiger partial charge < -0.3 is 19.2 Å². The number of nitrogens with one attached hydrogen (secondary N) is 1. The fourth-order valence-electron chi connectivity index (χ4n) is 5.06. The number of benzene rings is 2. The summed E-state index contributed by atoms with van der Waals surface area (Å²) in [5.74, 6) is 2.17. The minimum atomic E-state index is -3.33. The molecular weight excluding hydrogens is 452 g/mol. The molecule has 1 aromatic heterocycles. The molecule has 182 valence electrons. The molecule has 1 aliphatic carbocycles. The van der Waals surface area contributed by atoms with Gasteiger partial charge in [0.05, 0.1) is 32.1 Å². The number of hydrogen-bond donors (Lipinski definition) is 1. The number of sulfonamides is 1. The number of fused-ring (bicyclic) bond motifs is 2. The molecule has 1 atom stereocenters. The van der Waals surface area contributed by atoms with Crippen molar-refractivity contribution < 1.29 is 22.6 Å². The molecule has 0 radical (unpaired) electrons. The van der Waals surface area contributed by atoms with Crippen LogP contribution in [0.5, 0.6) is 17.2 Å². The Kier molecular flexibility index (Phi) is 6.20. The van der Waals surface area contributed by atoms with Crippen LogP contribution >= 0.6 is 0 Å². The highest BCUT2D eigenvalue weighted by molar-refractivity contribution is 7.90. The van der Waals surface area contributed by atoms with Crippen molar-refractivity contribution in [2.24, 2.45) is 0 Å². The van der Waals surface area contributed by atoms with E-state index in [0.717, 1.165) is 52.6 Å². The summed E-state index contributed by atoms with van der Waals surface area (Å²) in [7, 11) is -0.0297. The Labute approximate surface area is 201 Å². The van der Waals surface area contributed by atoms with E-state index in [1.807, 2.05) is 43.5 Å². The SMILES string of the molecule is CCOc1cc2c(cc1OC)CCN(S(=O)(=O)C1CC1)[C@H]2CCc1c[nH]c2ccc(OC)cc12. The lowest BCUT2D eigenvalue weighted by Crippen LogP contribution is -2.42. The Hall–Kier alpha value is -2.71. The molecular formula is C26H32N2O5S. The molecule has 0 spiro atoms. The van der Waals surface area contributed by atoms with E-state index in [0.29, 0.717) is 37.5 Å². The number of H-pyrrole nitrogens is 1. The summed E-state index contributed by atoms with van der Waals surface area (Å²) < 4.78 is 45.4. The van der Waals surface area contributed by atoms with Gasteiger partial charge in [-0.05, 0) is 86.1 Å². The summed E-state index contributed by atoms with van der Waals surface area (Å²) in [6.07, 6.45) is 5.63. The van der Waals surface area contributed by atoms with E-state index in [2.05, 4.69) is 4.98 Å². The lowest BCUT2D eigenvalue weighted by Gasteiger charge is -2.37. The maximum Gasteiger partial charge on any atom is 0.217 e. The summed E-state index contributed by atoms with van der Waals surface area (Å²) in [6.45, 7) is 2.95. The third-order valence-corrected chi connectivity index (χ3v) is 9.37. The highest BCUT2D eigenvalue weighted by atomic mass is 32.2. The number of hydrogen-bond acceptors (Lipinski definition) is 5. The lowest BCUT2D eigenvalue weighted by molar-refractivity contribution is 0.284. The van der Waals surface area contributed by atoms with Crippen LogP contribution in [-0.2, 0) is 22.9 Å². The van der Waals surface area contributed by atoms with Crippen LogP contribution in [0.2, 0.25) is 0 Å². The number of aromatic amines is 1. The van der Waals surface area contributed by atoms with Crippen LogP contribution in [0.3, 0.4) is 0 Å². The summed E-state index contributed by atoms with van der Waals surface area (Å²) in [5.41, 5.74) is 4.36. The topological polar surface area (TPSA) is 80.9 Å². The van der Waals surface area contributed by atoms with E-state index in [1.54, 1.807) is 18.5 Å². The molecule has 0 unspecified atom stereocenters. The van der Waals surface area contributed by atoms with Crippen LogP contribution < -0.4 is 14.2 Å². The third kappa shape index (κ3) is 4.14. The van der Waals surface area contributed by atoms with Gasteiger partial charge >= 0.3 is 0 Å². The van der Waals surface area contributed by atoms with Crippen molar-refractivity contribution in [3.63, 3.8) is 0 Å². The smallest absolute Gasteiger partial charge is 0.217 e. The maximum absolute atomic E-state index is 13.4. The second kappa shape index (κ2) is 9.15. The molecule has 8 heteroatoms. The lowest BCUT2D eigenvalue weighted by atomic mass is 9.90. The van der Waals surface area contributed by atoms with Crippen molar-refractivity contribution in [1.82, 2.24) is 9.29 Å². The molecule has 5 rings (SSSR count). The molecule has 1 fully saturated rings. The van der Waals surface area contributed by atoms with Crippen LogP contribution in [0.15, 0.2) is 36.5 Å². The summed E-state index contributed by atoms with van der Waals surface area (Å²) in [5, 5.41) is 0.871. The van der Waals surface area contributed by atoms with Crippen molar-refractivity contribution >= 4 is 20.9 Å². The van der Waals surface area contributed by atoms with Gasteiger partial charge in [-0.15, -0.1) is 0 Å². The summed E-state index contributed by atoms with van der Waals surface area (Å²) >= 11 is 0. The van der Waals surface area contributed by atoms with E-state index in [-0.39, 0.29) is 11.3 Å². The van der Waals surface area contributed by atoms with Crippen LogP contribution in [0.25, 0.3) is 10.9 Å². The van der Waals surface area contributed by atoms with Gasteiger partial charge in [-0.1, -0.05) is 0 Å². The Balaban J connectivity index is 1.52. The number of rotatable bonds is 9. The van der Waals surface area contributed by atoms with E-state index < -0.39 is 10.0 Å². The Bertz CT molecular complexity index is 1300. The van der Waals surface area contributed by atoms with Crippen molar-refractivity contribution in [1.29, 1.82) is 0 Å². The highest BCUT2D eigenvalue weighted by Gasteiger charge is 2.44. The molecule has 1 saturated carbocycles. The molecule has 7 nitrogen and oxygen atoms in total. The van der Waals surface area contributed by atoms with Gasteiger partial charge in [0.15, 0.2) is 11.5 Å². The fourth-order valence-corrected chi connectivity index (χ4v) is 7.09. The van der Waals surface area contributed by atoms with Crippen LogP contribution in [-0.4, -0.2) is 50.3 Å². The van der Waals surface area contributed by atoms with Gasteiger partial charge in [-0.2, -0.15) is 4.31 Å². The largest absolute Gasteiger partial charge is 0.497 e. The first-order valence-electron chi connectivity index (χ1n) is 11.9. The van der Waals surface area contributed by atoms with Gasteiger partial charge in [0.25, 0.3) is 0 Å². The maximum atomic E-state index is 13.4. The molecule has 34 heavy (non-hydrogen) atoms. The Morgan fingerprint density at radius 2 is 1.91 bits per heavy atom. The predicted octanol–water partition coefficient (Wildman–Crippen LogP) is 4.61. The quantitative estimate of drug-likeness (QED) is 0.480. The van der Waals surface area contributed by atoms with E-state index >= 15 is 0 Å². The van der Waals surface area contributed by atoms with Gasteiger partial charge in [0.2, 0.25) is 10.0 Å². The zero-order valence-electron chi connectivity index (χ0n) is 20.0. The standard InChI is InChI=1S/C26H32N2O5S/c1-4-33-26-15-22-17(13-25(26)32-3)11-12-28(34(29,30)20-7-8-20)24(22)10-5-18-16-27-23-9-6-19(31-2)14-21(18)23/h6,9,13-16,20,24,27H,4-5,7-8,10-12H2,1-3H3/t24-/m0/s1. The molecule has 0 amide bonds. The minimum absolute atomic E-state index is 0.237. The molecule has 0 saturated heterocycles. The zero-order valence-corrected chi connectivity index (χ0v) is 20.8. The number of aryl methyl sites for hydroxylation is 1. The van der Waals surface area contributed by atoms with Crippen molar-refractivity contribution in [3.05, 3.63) is 53.2 Å². The number of nitrogens with zero attached hydrogens (tertiary/aromatic N) is 1. The molecule has 0 bridgehead atoms. The normalized spacial score (nSPS) is 18.6. The summed E-state index contributed by atoms with van der Waals surface area (Å²) in [6, 6.07) is 9.76. The predicted molar refractivity (Wildman–Crippen MR) is 132 cm³/mol. The van der Waals surface area contributed by atoms with Crippen molar-refractivity contribution in [2.45, 2.75) is 50.3 Å². The zero-order chi connectivity index (χ0) is 23.9. The van der Waals surface area contributed by atoms with E-state index in [1.165, 1.54) is 0 Å². The van der Waals surface area contributed by atoms with E-state index in [4.69, 9.17) is 14.2 Å².